The molecule has 0 bridgehead atoms. The van der Waals surface area contributed by atoms with Gasteiger partial charge in [-0.25, -0.2) is 0 Å². The Morgan fingerprint density at radius 3 is 2.57 bits per heavy atom. The Kier molecular flexibility index (Phi) is 4.57. The van der Waals surface area contributed by atoms with Crippen molar-refractivity contribution in [2.24, 2.45) is 0 Å². The molecular formula is C15H21N5O. The van der Waals surface area contributed by atoms with E-state index >= 15 is 0 Å². The molecule has 0 radical (unpaired) electrons. The quantitative estimate of drug-likeness (QED) is 0.882. The Morgan fingerprint density at radius 2 is 2.05 bits per heavy atom. The van der Waals surface area contributed by atoms with Crippen molar-refractivity contribution in [1.29, 1.82) is 0 Å². The first-order chi connectivity index (χ1) is 10.0. The second-order valence-corrected chi connectivity index (χ2v) is 5.23. The van der Waals surface area contributed by atoms with E-state index < -0.39 is 0 Å². The second kappa shape index (κ2) is 6.39. The number of hydrogen-bond donors (Lipinski definition) is 2. The van der Waals surface area contributed by atoms with Gasteiger partial charge >= 0.3 is 0 Å². The monoisotopic (exact) mass is 287 g/mol. The highest BCUT2D eigenvalue weighted by molar-refractivity contribution is 5.97. The van der Waals surface area contributed by atoms with E-state index in [9.17, 15) is 4.79 Å². The third kappa shape index (κ3) is 3.21. The van der Waals surface area contributed by atoms with Crippen molar-refractivity contribution >= 4 is 11.6 Å². The van der Waals surface area contributed by atoms with Gasteiger partial charge in [-0.15, -0.1) is 0 Å². The fourth-order valence-corrected chi connectivity index (χ4v) is 2.15. The van der Waals surface area contributed by atoms with E-state index in [0.29, 0.717) is 24.5 Å². The molecule has 2 heterocycles. The van der Waals surface area contributed by atoms with Crippen molar-refractivity contribution in [1.82, 2.24) is 20.1 Å². The van der Waals surface area contributed by atoms with E-state index in [4.69, 9.17) is 5.73 Å². The Labute approximate surface area is 124 Å². The van der Waals surface area contributed by atoms with E-state index in [1.54, 1.807) is 17.3 Å². The van der Waals surface area contributed by atoms with Gasteiger partial charge in [0.2, 0.25) is 0 Å². The van der Waals surface area contributed by atoms with Gasteiger partial charge in [-0.2, -0.15) is 5.10 Å². The number of H-pyrrole nitrogens is 1. The van der Waals surface area contributed by atoms with Crippen LogP contribution in [0.1, 0.15) is 48.4 Å². The summed E-state index contributed by atoms with van der Waals surface area (Å²) in [5, 5.41) is 6.96. The zero-order valence-corrected chi connectivity index (χ0v) is 12.6. The predicted octanol–water partition coefficient (Wildman–Crippen LogP) is 2.17. The standard InChI is InChI=1S/C15H21N5O/c1-4-20(9-11-5-7-17-8-6-11)15(21)14-12(16)13(10(2)3)18-19-14/h5-8,10H,4,9,16H2,1-3H3,(H,18,19). The lowest BCUT2D eigenvalue weighted by Gasteiger charge is -2.20. The molecule has 3 N–H and O–H groups in total. The number of carbonyl (C=O) groups excluding carboxylic acids is 1. The van der Waals surface area contributed by atoms with Crippen molar-refractivity contribution in [3.8, 4) is 0 Å². The van der Waals surface area contributed by atoms with Gasteiger partial charge in [-0.1, -0.05) is 13.8 Å². The van der Waals surface area contributed by atoms with E-state index in [2.05, 4.69) is 15.2 Å². The molecular weight excluding hydrogens is 266 g/mol. The zero-order chi connectivity index (χ0) is 15.4. The van der Waals surface area contributed by atoms with Gasteiger partial charge in [-0.05, 0) is 30.5 Å². The molecule has 0 atom stereocenters. The Hall–Kier alpha value is -2.37. The summed E-state index contributed by atoms with van der Waals surface area (Å²) < 4.78 is 0. The number of amides is 1. The molecule has 2 aromatic heterocycles. The van der Waals surface area contributed by atoms with Crippen LogP contribution in [0.3, 0.4) is 0 Å². The molecule has 6 heteroatoms. The number of rotatable bonds is 5. The van der Waals surface area contributed by atoms with Crippen molar-refractivity contribution in [3.05, 3.63) is 41.5 Å². The third-order valence-corrected chi connectivity index (χ3v) is 3.41. The van der Waals surface area contributed by atoms with Crippen LogP contribution in [-0.4, -0.2) is 32.5 Å². The van der Waals surface area contributed by atoms with Crippen LogP contribution >= 0.6 is 0 Å². The first-order valence-corrected chi connectivity index (χ1v) is 7.06. The molecule has 0 saturated carbocycles. The average Bonchev–Trinajstić information content (AvgIpc) is 2.87. The number of anilines is 1. The number of carbonyl (C=O) groups is 1. The van der Waals surface area contributed by atoms with Crippen LogP contribution in [-0.2, 0) is 6.54 Å². The summed E-state index contributed by atoms with van der Waals surface area (Å²) in [5.41, 5.74) is 8.62. The minimum atomic E-state index is -0.157. The summed E-state index contributed by atoms with van der Waals surface area (Å²) in [4.78, 5) is 18.3. The first kappa shape index (κ1) is 15.0. The van der Waals surface area contributed by atoms with Gasteiger partial charge in [0, 0.05) is 25.5 Å². The number of nitrogens with one attached hydrogen (secondary N) is 1. The highest BCUT2D eigenvalue weighted by atomic mass is 16.2. The van der Waals surface area contributed by atoms with Gasteiger partial charge < -0.3 is 10.6 Å². The van der Waals surface area contributed by atoms with Crippen LogP contribution in [0.5, 0.6) is 0 Å². The van der Waals surface area contributed by atoms with Gasteiger partial charge in [0.05, 0.1) is 11.4 Å². The van der Waals surface area contributed by atoms with Crippen LogP contribution in [0, 0.1) is 0 Å². The molecule has 0 aliphatic heterocycles. The van der Waals surface area contributed by atoms with Gasteiger partial charge in [0.1, 0.15) is 0 Å². The fourth-order valence-electron chi connectivity index (χ4n) is 2.15. The van der Waals surface area contributed by atoms with Crippen LogP contribution in [0.4, 0.5) is 5.69 Å². The van der Waals surface area contributed by atoms with E-state index in [0.717, 1.165) is 11.3 Å². The Morgan fingerprint density at radius 1 is 1.38 bits per heavy atom. The molecule has 0 aliphatic rings. The maximum absolute atomic E-state index is 12.6. The Bertz CT molecular complexity index is 606. The smallest absolute Gasteiger partial charge is 0.276 e. The van der Waals surface area contributed by atoms with Crippen molar-refractivity contribution < 1.29 is 4.79 Å². The van der Waals surface area contributed by atoms with E-state index in [1.165, 1.54) is 0 Å². The zero-order valence-electron chi connectivity index (χ0n) is 12.6. The molecule has 0 saturated heterocycles. The van der Waals surface area contributed by atoms with Crippen LogP contribution in [0.2, 0.25) is 0 Å². The first-order valence-electron chi connectivity index (χ1n) is 7.06. The molecule has 0 fully saturated rings. The normalized spacial score (nSPS) is 10.9. The highest BCUT2D eigenvalue weighted by Crippen LogP contribution is 2.23. The van der Waals surface area contributed by atoms with E-state index in [-0.39, 0.29) is 11.8 Å². The third-order valence-electron chi connectivity index (χ3n) is 3.41. The number of nitrogens with two attached hydrogens (primary N) is 1. The van der Waals surface area contributed by atoms with Crippen LogP contribution in [0.25, 0.3) is 0 Å². The molecule has 0 aromatic carbocycles. The SMILES string of the molecule is CCN(Cc1ccncc1)C(=O)c1n[nH]c(C(C)C)c1N. The number of aromatic amines is 1. The average molecular weight is 287 g/mol. The summed E-state index contributed by atoms with van der Waals surface area (Å²) in [6.45, 7) is 7.05. The number of aromatic nitrogens is 3. The number of pyridine rings is 1. The molecule has 0 aliphatic carbocycles. The minimum absolute atomic E-state index is 0.157. The molecule has 1 amide bonds. The van der Waals surface area contributed by atoms with Gasteiger partial charge in [-0.3, -0.25) is 14.9 Å². The summed E-state index contributed by atoms with van der Waals surface area (Å²) in [6, 6.07) is 3.78. The highest BCUT2D eigenvalue weighted by Gasteiger charge is 2.23. The van der Waals surface area contributed by atoms with E-state index in [1.807, 2.05) is 32.9 Å². The van der Waals surface area contributed by atoms with Gasteiger partial charge in [0.15, 0.2) is 5.69 Å². The fraction of sp³-hybridized carbons (Fsp3) is 0.400. The molecule has 112 valence electrons. The lowest BCUT2D eigenvalue weighted by atomic mass is 10.1. The summed E-state index contributed by atoms with van der Waals surface area (Å²) >= 11 is 0. The van der Waals surface area contributed by atoms with Crippen molar-refractivity contribution in [2.45, 2.75) is 33.2 Å². The van der Waals surface area contributed by atoms with Crippen molar-refractivity contribution in [3.63, 3.8) is 0 Å². The predicted molar refractivity (Wildman–Crippen MR) is 81.7 cm³/mol. The second-order valence-electron chi connectivity index (χ2n) is 5.23. The molecule has 0 unspecified atom stereocenters. The molecule has 2 rings (SSSR count). The topological polar surface area (TPSA) is 87.9 Å². The molecule has 21 heavy (non-hydrogen) atoms. The van der Waals surface area contributed by atoms with Crippen LogP contribution < -0.4 is 5.73 Å². The number of nitrogens with zero attached hydrogens (tertiary/aromatic N) is 3. The largest absolute Gasteiger partial charge is 0.395 e. The lowest BCUT2D eigenvalue weighted by molar-refractivity contribution is 0.0747. The lowest BCUT2D eigenvalue weighted by Crippen LogP contribution is -2.31. The maximum atomic E-state index is 12.6. The summed E-state index contributed by atoms with van der Waals surface area (Å²) in [7, 11) is 0. The summed E-state index contributed by atoms with van der Waals surface area (Å²) in [6.07, 6.45) is 3.43. The number of nitrogen functional groups attached to an aromatic ring is 1. The van der Waals surface area contributed by atoms with Crippen molar-refractivity contribution in [2.75, 3.05) is 12.3 Å². The maximum Gasteiger partial charge on any atom is 0.276 e. The molecule has 2 aromatic rings. The van der Waals surface area contributed by atoms with Crippen LogP contribution in [0.15, 0.2) is 24.5 Å². The number of hydrogen-bond acceptors (Lipinski definition) is 4. The summed E-state index contributed by atoms with van der Waals surface area (Å²) in [5.74, 6) is 0.0456. The molecule has 6 nitrogen and oxygen atoms in total. The Balaban J connectivity index is 2.21. The molecule has 0 spiro atoms. The minimum Gasteiger partial charge on any atom is -0.395 e. The van der Waals surface area contributed by atoms with Gasteiger partial charge in [0.25, 0.3) is 5.91 Å².